The molecule has 1 aromatic carbocycles. The number of nitrogens with zero attached hydrogens (tertiary/aromatic N) is 2. The van der Waals surface area contributed by atoms with Crippen molar-refractivity contribution in [2.45, 2.75) is 26.4 Å². The van der Waals surface area contributed by atoms with Crippen LogP contribution in [0.15, 0.2) is 34.8 Å². The number of carbonyl (C=O) groups excluding carboxylic acids is 1. The molecule has 2 N–H and O–H groups in total. The number of nitrogens with two attached hydrogens (primary N) is 1. The van der Waals surface area contributed by atoms with E-state index in [4.69, 9.17) is 5.73 Å². The van der Waals surface area contributed by atoms with Crippen LogP contribution in [0.1, 0.15) is 34.7 Å². The van der Waals surface area contributed by atoms with Crippen molar-refractivity contribution in [2.24, 2.45) is 0 Å². The Morgan fingerprint density at radius 3 is 2.81 bits per heavy atom. The maximum Gasteiger partial charge on any atom is 0.255 e. The van der Waals surface area contributed by atoms with Crippen LogP contribution in [0.25, 0.3) is 0 Å². The highest BCUT2D eigenvalue weighted by Crippen LogP contribution is 2.31. The standard InChI is InChI=1S/C16H18BrN3O/c1-10-6-7-14-11(2)20(9-8-19(10)14)16(21)12-4-3-5-13(18)15(12)17/h3-7,11H,8-9,18H2,1-2H3. The van der Waals surface area contributed by atoms with Crippen molar-refractivity contribution in [3.63, 3.8) is 0 Å². The molecule has 1 aromatic heterocycles. The number of fused-ring (bicyclic) bond motifs is 1. The average Bonchev–Trinajstić information content (AvgIpc) is 2.84. The van der Waals surface area contributed by atoms with Crippen molar-refractivity contribution in [3.8, 4) is 0 Å². The van der Waals surface area contributed by atoms with Crippen LogP contribution in [-0.2, 0) is 6.54 Å². The summed E-state index contributed by atoms with van der Waals surface area (Å²) in [4.78, 5) is 14.7. The monoisotopic (exact) mass is 347 g/mol. The van der Waals surface area contributed by atoms with E-state index in [9.17, 15) is 4.79 Å². The van der Waals surface area contributed by atoms with Crippen molar-refractivity contribution >= 4 is 27.5 Å². The molecule has 1 atom stereocenters. The van der Waals surface area contributed by atoms with Crippen molar-refractivity contribution < 1.29 is 4.79 Å². The summed E-state index contributed by atoms with van der Waals surface area (Å²) in [6, 6.07) is 9.69. The SMILES string of the molecule is Cc1ccc2n1CCN(C(=O)c1cccc(N)c1Br)C2C. The minimum Gasteiger partial charge on any atom is -0.398 e. The number of halogens is 1. The highest BCUT2D eigenvalue weighted by molar-refractivity contribution is 9.10. The van der Waals surface area contributed by atoms with Crippen LogP contribution in [0.5, 0.6) is 0 Å². The van der Waals surface area contributed by atoms with Gasteiger partial charge < -0.3 is 15.2 Å². The van der Waals surface area contributed by atoms with E-state index in [-0.39, 0.29) is 11.9 Å². The van der Waals surface area contributed by atoms with E-state index in [2.05, 4.69) is 46.5 Å². The van der Waals surface area contributed by atoms with E-state index in [1.165, 1.54) is 11.4 Å². The summed E-state index contributed by atoms with van der Waals surface area (Å²) in [5, 5.41) is 0. The van der Waals surface area contributed by atoms with Gasteiger partial charge in [-0.15, -0.1) is 0 Å². The average molecular weight is 348 g/mol. The Labute approximate surface area is 132 Å². The lowest BCUT2D eigenvalue weighted by Crippen LogP contribution is -2.41. The number of aryl methyl sites for hydroxylation is 1. The fourth-order valence-electron chi connectivity index (χ4n) is 2.97. The molecule has 5 heteroatoms. The highest BCUT2D eigenvalue weighted by atomic mass is 79.9. The van der Waals surface area contributed by atoms with Gasteiger partial charge in [-0.25, -0.2) is 0 Å². The molecule has 0 radical (unpaired) electrons. The van der Waals surface area contributed by atoms with E-state index < -0.39 is 0 Å². The third-order valence-electron chi connectivity index (χ3n) is 4.21. The summed E-state index contributed by atoms with van der Waals surface area (Å²) in [6.45, 7) is 5.72. The van der Waals surface area contributed by atoms with E-state index >= 15 is 0 Å². The Morgan fingerprint density at radius 2 is 2.05 bits per heavy atom. The summed E-state index contributed by atoms with van der Waals surface area (Å²) < 4.78 is 2.96. The van der Waals surface area contributed by atoms with E-state index in [0.29, 0.717) is 22.3 Å². The predicted molar refractivity (Wildman–Crippen MR) is 87.2 cm³/mol. The molecule has 1 amide bonds. The lowest BCUT2D eigenvalue weighted by Gasteiger charge is -2.35. The molecule has 2 aromatic rings. The smallest absolute Gasteiger partial charge is 0.255 e. The molecule has 110 valence electrons. The zero-order valence-electron chi connectivity index (χ0n) is 12.1. The first-order valence-corrected chi connectivity index (χ1v) is 7.81. The topological polar surface area (TPSA) is 51.3 Å². The molecule has 2 heterocycles. The van der Waals surface area contributed by atoms with Crippen LogP contribution in [0.3, 0.4) is 0 Å². The second-order valence-corrected chi connectivity index (χ2v) is 6.23. The Balaban J connectivity index is 1.95. The molecule has 0 bridgehead atoms. The summed E-state index contributed by atoms with van der Waals surface area (Å²) in [5.41, 5.74) is 9.52. The number of nitrogen functional groups attached to an aromatic ring is 1. The maximum absolute atomic E-state index is 12.8. The van der Waals surface area contributed by atoms with Gasteiger partial charge in [-0.3, -0.25) is 4.79 Å². The number of anilines is 1. The van der Waals surface area contributed by atoms with Crippen molar-refractivity contribution in [1.29, 1.82) is 0 Å². The minimum absolute atomic E-state index is 0.0202. The van der Waals surface area contributed by atoms with Gasteiger partial charge in [-0.05, 0) is 54.0 Å². The molecule has 1 aliphatic heterocycles. The Kier molecular flexibility index (Phi) is 3.53. The normalized spacial score (nSPS) is 17.7. The summed E-state index contributed by atoms with van der Waals surface area (Å²) in [6.07, 6.45) is 0. The van der Waals surface area contributed by atoms with Crippen LogP contribution >= 0.6 is 15.9 Å². The van der Waals surface area contributed by atoms with Gasteiger partial charge in [0.15, 0.2) is 0 Å². The van der Waals surface area contributed by atoms with E-state index in [1.54, 1.807) is 6.07 Å². The zero-order valence-corrected chi connectivity index (χ0v) is 13.7. The van der Waals surface area contributed by atoms with Gasteiger partial charge in [0, 0.05) is 30.2 Å². The third kappa shape index (κ3) is 2.25. The number of rotatable bonds is 1. The van der Waals surface area contributed by atoms with Crippen LogP contribution in [0, 0.1) is 6.92 Å². The number of carbonyl (C=O) groups is 1. The fourth-order valence-corrected chi connectivity index (χ4v) is 3.40. The molecule has 1 aliphatic rings. The van der Waals surface area contributed by atoms with E-state index in [0.717, 1.165) is 6.54 Å². The first kappa shape index (κ1) is 14.2. The molecular weight excluding hydrogens is 330 g/mol. The van der Waals surface area contributed by atoms with Gasteiger partial charge in [0.1, 0.15) is 0 Å². The van der Waals surface area contributed by atoms with Gasteiger partial charge in [0.05, 0.1) is 16.1 Å². The van der Waals surface area contributed by atoms with Crippen molar-refractivity contribution in [1.82, 2.24) is 9.47 Å². The fraction of sp³-hybridized carbons (Fsp3) is 0.312. The van der Waals surface area contributed by atoms with Crippen LogP contribution in [-0.4, -0.2) is 21.9 Å². The summed E-state index contributed by atoms with van der Waals surface area (Å²) in [5.74, 6) is 0.0202. The van der Waals surface area contributed by atoms with Gasteiger partial charge in [-0.1, -0.05) is 6.07 Å². The molecule has 0 spiro atoms. The minimum atomic E-state index is 0.0202. The number of aromatic nitrogens is 1. The van der Waals surface area contributed by atoms with Crippen LogP contribution in [0.4, 0.5) is 5.69 Å². The molecule has 4 nitrogen and oxygen atoms in total. The van der Waals surface area contributed by atoms with Gasteiger partial charge in [0.25, 0.3) is 5.91 Å². The lowest BCUT2D eigenvalue weighted by molar-refractivity contribution is 0.0642. The first-order valence-electron chi connectivity index (χ1n) is 7.01. The summed E-state index contributed by atoms with van der Waals surface area (Å²) in [7, 11) is 0. The van der Waals surface area contributed by atoms with Crippen molar-refractivity contribution in [2.75, 3.05) is 12.3 Å². The van der Waals surface area contributed by atoms with Crippen molar-refractivity contribution in [3.05, 3.63) is 51.8 Å². The number of amides is 1. The highest BCUT2D eigenvalue weighted by Gasteiger charge is 2.30. The maximum atomic E-state index is 12.8. The Bertz CT molecular complexity index is 708. The zero-order chi connectivity index (χ0) is 15.1. The number of hydrogen-bond acceptors (Lipinski definition) is 2. The third-order valence-corrected chi connectivity index (χ3v) is 5.10. The largest absolute Gasteiger partial charge is 0.398 e. The van der Waals surface area contributed by atoms with Gasteiger partial charge in [0.2, 0.25) is 0 Å². The van der Waals surface area contributed by atoms with E-state index in [1.807, 2.05) is 17.0 Å². The first-order chi connectivity index (χ1) is 10.0. The molecule has 3 rings (SSSR count). The second kappa shape index (κ2) is 5.22. The van der Waals surface area contributed by atoms with Gasteiger partial charge >= 0.3 is 0 Å². The molecule has 0 aliphatic carbocycles. The number of hydrogen-bond donors (Lipinski definition) is 1. The molecular formula is C16H18BrN3O. The molecule has 1 unspecified atom stereocenters. The molecule has 0 saturated heterocycles. The van der Waals surface area contributed by atoms with Gasteiger partial charge in [-0.2, -0.15) is 0 Å². The Morgan fingerprint density at radius 1 is 1.29 bits per heavy atom. The quantitative estimate of drug-likeness (QED) is 0.804. The summed E-state index contributed by atoms with van der Waals surface area (Å²) >= 11 is 3.43. The molecule has 0 saturated carbocycles. The van der Waals surface area contributed by atoms with Crippen LogP contribution in [0.2, 0.25) is 0 Å². The predicted octanol–water partition coefficient (Wildman–Crippen LogP) is 3.36. The Hall–Kier alpha value is -1.75. The van der Waals surface area contributed by atoms with Crippen LogP contribution < -0.4 is 5.73 Å². The molecule has 21 heavy (non-hydrogen) atoms. The number of benzene rings is 1. The molecule has 0 fully saturated rings. The second-order valence-electron chi connectivity index (χ2n) is 5.43. The lowest BCUT2D eigenvalue weighted by atomic mass is 10.1.